The van der Waals surface area contributed by atoms with Crippen molar-refractivity contribution in [2.24, 2.45) is 5.92 Å². The van der Waals surface area contributed by atoms with Gasteiger partial charge >= 0.3 is 0 Å². The first-order valence-corrected chi connectivity index (χ1v) is 8.68. The lowest BCUT2D eigenvalue weighted by Gasteiger charge is -2.30. The Bertz CT molecular complexity index is 701. The number of hydrogen-bond acceptors (Lipinski definition) is 3. The van der Waals surface area contributed by atoms with E-state index >= 15 is 0 Å². The van der Waals surface area contributed by atoms with Crippen molar-refractivity contribution in [2.45, 2.75) is 32.4 Å². The molecule has 1 atom stereocenters. The van der Waals surface area contributed by atoms with Gasteiger partial charge in [-0.2, -0.15) is 0 Å². The van der Waals surface area contributed by atoms with E-state index in [4.69, 9.17) is 16.7 Å². The van der Waals surface area contributed by atoms with Crippen LogP contribution in [0.2, 0.25) is 5.02 Å². The summed E-state index contributed by atoms with van der Waals surface area (Å²) in [6.45, 7) is 1.99. The molecule has 1 unspecified atom stereocenters. The van der Waals surface area contributed by atoms with Gasteiger partial charge in [0.05, 0.1) is 6.33 Å². The number of aromatic nitrogens is 2. The van der Waals surface area contributed by atoms with Crippen LogP contribution in [0, 0.1) is 5.92 Å². The summed E-state index contributed by atoms with van der Waals surface area (Å²) in [5.41, 5.74) is 2.12. The number of aliphatic hydroxyl groups is 1. The van der Waals surface area contributed by atoms with Crippen LogP contribution in [0.5, 0.6) is 0 Å². The molecule has 5 nitrogen and oxygen atoms in total. The fourth-order valence-electron chi connectivity index (χ4n) is 3.22. The smallest absolute Gasteiger partial charge is 0.226 e. The first-order valence-electron chi connectivity index (χ1n) is 8.30. The number of carbonyl (C=O) groups excluding carboxylic acids is 1. The van der Waals surface area contributed by atoms with Gasteiger partial charge in [-0.1, -0.05) is 23.7 Å². The number of fused-ring (bicyclic) bond motifs is 1. The fourth-order valence-corrected chi connectivity index (χ4v) is 3.44. The van der Waals surface area contributed by atoms with Crippen LogP contribution in [0.15, 0.2) is 36.8 Å². The van der Waals surface area contributed by atoms with Crippen molar-refractivity contribution < 1.29 is 9.90 Å². The van der Waals surface area contributed by atoms with E-state index in [1.54, 1.807) is 0 Å². The van der Waals surface area contributed by atoms with Crippen LogP contribution in [-0.4, -0.2) is 38.6 Å². The van der Waals surface area contributed by atoms with Gasteiger partial charge in [-0.3, -0.25) is 4.79 Å². The van der Waals surface area contributed by atoms with Gasteiger partial charge in [0.25, 0.3) is 0 Å². The highest BCUT2D eigenvalue weighted by atomic mass is 35.5. The van der Waals surface area contributed by atoms with E-state index in [2.05, 4.69) is 9.55 Å². The molecule has 0 aliphatic carbocycles. The normalized spacial score (nSPS) is 16.7. The van der Waals surface area contributed by atoms with Gasteiger partial charge in [-0.25, -0.2) is 4.98 Å². The third-order valence-corrected chi connectivity index (χ3v) is 4.72. The minimum atomic E-state index is -0.0212. The Morgan fingerprint density at radius 2 is 2.33 bits per heavy atom. The summed E-state index contributed by atoms with van der Waals surface area (Å²) >= 11 is 6.05. The second kappa shape index (κ2) is 7.81. The van der Waals surface area contributed by atoms with Crippen LogP contribution in [0.25, 0.3) is 0 Å². The van der Waals surface area contributed by atoms with Crippen molar-refractivity contribution >= 4 is 17.5 Å². The van der Waals surface area contributed by atoms with Crippen LogP contribution in [0.1, 0.15) is 24.1 Å². The molecule has 1 aliphatic rings. The van der Waals surface area contributed by atoms with Gasteiger partial charge in [0, 0.05) is 55.5 Å². The number of rotatable bonds is 6. The fraction of sp³-hybridized carbons (Fsp3) is 0.444. The molecule has 0 bridgehead atoms. The van der Waals surface area contributed by atoms with Crippen molar-refractivity contribution in [3.63, 3.8) is 0 Å². The van der Waals surface area contributed by atoms with Crippen LogP contribution < -0.4 is 0 Å². The van der Waals surface area contributed by atoms with Crippen LogP contribution in [0.4, 0.5) is 0 Å². The summed E-state index contributed by atoms with van der Waals surface area (Å²) in [7, 11) is 0. The quantitative estimate of drug-likeness (QED) is 0.873. The van der Waals surface area contributed by atoms with Crippen LogP contribution in [0.3, 0.4) is 0 Å². The monoisotopic (exact) mass is 347 g/mol. The van der Waals surface area contributed by atoms with Gasteiger partial charge in [0.2, 0.25) is 5.91 Å². The lowest BCUT2D eigenvalue weighted by molar-refractivity contribution is -0.137. The zero-order chi connectivity index (χ0) is 16.9. The topological polar surface area (TPSA) is 58.4 Å². The maximum atomic E-state index is 13.0. The molecule has 0 fully saturated rings. The van der Waals surface area contributed by atoms with Crippen molar-refractivity contribution in [3.8, 4) is 0 Å². The van der Waals surface area contributed by atoms with Crippen molar-refractivity contribution in [2.75, 3.05) is 13.2 Å². The summed E-state index contributed by atoms with van der Waals surface area (Å²) in [6.07, 6.45) is 5.80. The predicted molar refractivity (Wildman–Crippen MR) is 92.6 cm³/mol. The molecule has 1 aromatic heterocycles. The first-order chi connectivity index (χ1) is 11.7. The van der Waals surface area contributed by atoms with E-state index in [1.165, 1.54) is 0 Å². The molecule has 0 spiro atoms. The number of nitrogens with zero attached hydrogens (tertiary/aromatic N) is 3. The summed E-state index contributed by atoms with van der Waals surface area (Å²) in [4.78, 5) is 19.0. The molecule has 2 heterocycles. The van der Waals surface area contributed by atoms with Crippen molar-refractivity contribution in [3.05, 3.63) is 53.1 Å². The van der Waals surface area contributed by atoms with Gasteiger partial charge in [0.15, 0.2) is 0 Å². The summed E-state index contributed by atoms with van der Waals surface area (Å²) in [5, 5.41) is 9.82. The van der Waals surface area contributed by atoms with Gasteiger partial charge < -0.3 is 14.6 Å². The Hall–Kier alpha value is -1.85. The molecule has 2 aromatic rings. The van der Waals surface area contributed by atoms with Crippen LogP contribution >= 0.6 is 11.6 Å². The van der Waals surface area contributed by atoms with Crippen molar-refractivity contribution in [1.29, 1.82) is 0 Å². The lowest BCUT2D eigenvalue weighted by atomic mass is 9.94. The molecule has 128 valence electrons. The van der Waals surface area contributed by atoms with E-state index in [-0.39, 0.29) is 18.4 Å². The standard InChI is InChI=1S/C18H22ClN3O2/c19-16-4-1-3-14(9-16)12-21(6-2-8-23)18(24)15-5-7-22-13-20-11-17(22)10-15/h1,3-4,9,11,13,15,23H,2,5-8,10,12H2. The maximum Gasteiger partial charge on any atom is 0.226 e. The second-order valence-electron chi connectivity index (χ2n) is 6.23. The number of aryl methyl sites for hydroxylation is 1. The molecule has 3 rings (SSSR count). The highest BCUT2D eigenvalue weighted by molar-refractivity contribution is 6.30. The average Bonchev–Trinajstić information content (AvgIpc) is 3.05. The third kappa shape index (κ3) is 3.97. The Labute approximate surface area is 146 Å². The van der Waals surface area contributed by atoms with Crippen LogP contribution in [-0.2, 0) is 24.3 Å². The SMILES string of the molecule is O=C(C1CCn2cncc2C1)N(CCCO)Cc1cccc(Cl)c1. The number of amides is 1. The Balaban J connectivity index is 1.72. The molecule has 0 saturated carbocycles. The number of carbonyl (C=O) groups is 1. The minimum Gasteiger partial charge on any atom is -0.396 e. The molecule has 1 aromatic carbocycles. The van der Waals surface area contributed by atoms with E-state index < -0.39 is 0 Å². The molecule has 0 radical (unpaired) electrons. The van der Waals surface area contributed by atoms with Gasteiger partial charge in [0.1, 0.15) is 0 Å². The third-order valence-electron chi connectivity index (χ3n) is 4.48. The molecule has 1 aliphatic heterocycles. The van der Waals surface area contributed by atoms with E-state index in [1.807, 2.05) is 41.7 Å². The summed E-state index contributed by atoms with van der Waals surface area (Å²) in [5.74, 6) is 0.128. The number of aliphatic hydroxyl groups excluding tert-OH is 1. The van der Waals surface area contributed by atoms with Gasteiger partial charge in [-0.05, 0) is 30.5 Å². The highest BCUT2D eigenvalue weighted by Gasteiger charge is 2.28. The Morgan fingerprint density at radius 3 is 3.12 bits per heavy atom. The number of halogens is 1. The zero-order valence-electron chi connectivity index (χ0n) is 13.6. The Morgan fingerprint density at radius 1 is 1.46 bits per heavy atom. The lowest BCUT2D eigenvalue weighted by Crippen LogP contribution is -2.39. The molecule has 6 heteroatoms. The number of hydrogen-bond donors (Lipinski definition) is 1. The maximum absolute atomic E-state index is 13.0. The number of benzene rings is 1. The molecule has 1 amide bonds. The Kier molecular flexibility index (Phi) is 5.53. The van der Waals surface area contributed by atoms with E-state index in [9.17, 15) is 4.79 Å². The number of imidazole rings is 1. The molecule has 24 heavy (non-hydrogen) atoms. The molecule has 1 N–H and O–H groups in total. The van der Waals surface area contributed by atoms with Crippen molar-refractivity contribution in [1.82, 2.24) is 14.5 Å². The molecular weight excluding hydrogens is 326 g/mol. The van der Waals surface area contributed by atoms with E-state index in [0.717, 1.165) is 30.6 Å². The minimum absolute atomic E-state index is 0.0212. The largest absolute Gasteiger partial charge is 0.396 e. The molecule has 0 saturated heterocycles. The highest BCUT2D eigenvalue weighted by Crippen LogP contribution is 2.23. The van der Waals surface area contributed by atoms with E-state index in [0.29, 0.717) is 24.5 Å². The summed E-state index contributed by atoms with van der Waals surface area (Å²) in [6, 6.07) is 7.58. The average molecular weight is 348 g/mol. The predicted octanol–water partition coefficient (Wildman–Crippen LogP) is 2.51. The van der Waals surface area contributed by atoms with Gasteiger partial charge in [-0.15, -0.1) is 0 Å². The summed E-state index contributed by atoms with van der Waals surface area (Å²) < 4.78 is 2.11. The zero-order valence-corrected chi connectivity index (χ0v) is 14.3. The second-order valence-corrected chi connectivity index (χ2v) is 6.67. The molecular formula is C18H22ClN3O2. The first kappa shape index (κ1) is 17.0.